The Morgan fingerprint density at radius 2 is 1.51 bits per heavy atom. The van der Waals surface area contributed by atoms with Gasteiger partial charge in [-0.2, -0.15) is 5.26 Å². The van der Waals surface area contributed by atoms with Crippen molar-refractivity contribution >= 4 is 12.0 Å². The summed E-state index contributed by atoms with van der Waals surface area (Å²) in [7, 11) is 0. The molecule has 0 bridgehead atoms. The average Bonchev–Trinajstić information content (AvgIpc) is 3.64. The molecule has 2 atom stereocenters. The van der Waals surface area contributed by atoms with E-state index >= 15 is 0 Å². The monoisotopic (exact) mass is 519 g/mol. The molecule has 3 aromatic carbocycles. The summed E-state index contributed by atoms with van der Waals surface area (Å²) < 4.78 is 7.40. The second-order valence-corrected chi connectivity index (χ2v) is 9.51. The van der Waals surface area contributed by atoms with Crippen LogP contribution >= 0.6 is 0 Å². The highest BCUT2D eigenvalue weighted by Crippen LogP contribution is 2.41. The summed E-state index contributed by atoms with van der Waals surface area (Å²) in [5.41, 5.74) is 8.19. The van der Waals surface area contributed by atoms with E-state index in [9.17, 15) is 14.9 Å². The number of imidazole rings is 1. The number of rotatable bonds is 8. The normalized spacial score (nSPS) is 15.9. The number of carbonyl (C=O) groups excluding carboxylic acids is 2. The Morgan fingerprint density at radius 1 is 0.974 bits per heavy atom. The molecule has 8 nitrogen and oxygen atoms in total. The van der Waals surface area contributed by atoms with Crippen molar-refractivity contribution in [2.24, 2.45) is 5.73 Å². The Kier molecular flexibility index (Phi) is 7.41. The van der Waals surface area contributed by atoms with Gasteiger partial charge < -0.3 is 19.9 Å². The summed E-state index contributed by atoms with van der Waals surface area (Å²) >= 11 is 0. The first kappa shape index (κ1) is 25.7. The first-order chi connectivity index (χ1) is 19.1. The molecule has 8 heteroatoms. The fourth-order valence-electron chi connectivity index (χ4n) is 5.59. The maximum absolute atomic E-state index is 13.6. The zero-order valence-corrected chi connectivity index (χ0v) is 21.4. The molecule has 5 rings (SSSR count). The molecule has 0 unspecified atom stereocenters. The van der Waals surface area contributed by atoms with Crippen LogP contribution in [0, 0.1) is 11.3 Å². The van der Waals surface area contributed by atoms with Crippen molar-refractivity contribution in [1.82, 2.24) is 14.5 Å². The van der Waals surface area contributed by atoms with Gasteiger partial charge in [0.15, 0.2) is 6.10 Å². The highest BCUT2D eigenvalue weighted by molar-refractivity contribution is 5.84. The number of nitrogens with two attached hydrogens (primary N) is 1. The molecule has 0 saturated carbocycles. The van der Waals surface area contributed by atoms with Crippen LogP contribution < -0.4 is 5.73 Å². The van der Waals surface area contributed by atoms with Gasteiger partial charge in [-0.05, 0) is 29.5 Å². The number of primary amides is 1. The predicted octanol–water partition coefficient (Wildman–Crippen LogP) is 4.24. The molecule has 1 fully saturated rings. The molecule has 0 spiro atoms. The number of carbonyl (C=O) groups is 2. The molecule has 2 N–H and O–H groups in total. The highest BCUT2D eigenvalue weighted by Gasteiger charge is 2.41. The lowest BCUT2D eigenvalue weighted by molar-refractivity contribution is -0.140. The summed E-state index contributed by atoms with van der Waals surface area (Å²) in [6.07, 6.45) is 2.50. The first-order valence-electron chi connectivity index (χ1n) is 12.9. The maximum atomic E-state index is 13.6. The quantitative estimate of drug-likeness (QED) is 0.350. The lowest BCUT2D eigenvalue weighted by Gasteiger charge is -2.39. The molecule has 1 saturated heterocycles. The van der Waals surface area contributed by atoms with Crippen molar-refractivity contribution in [2.45, 2.75) is 36.9 Å². The number of ether oxygens (including phenoxy) is 1. The Hall–Kier alpha value is -4.90. The fraction of sp³-hybridized carbons (Fsp3) is 0.226. The number of likely N-dealkylation sites (tertiary alicyclic amines) is 1. The minimum absolute atomic E-state index is 0.0324. The summed E-state index contributed by atoms with van der Waals surface area (Å²) in [5, 5.41) is 9.54. The van der Waals surface area contributed by atoms with E-state index < -0.39 is 29.7 Å². The van der Waals surface area contributed by atoms with Crippen LogP contribution in [0.1, 0.15) is 35.2 Å². The fourth-order valence-corrected chi connectivity index (χ4v) is 5.59. The van der Waals surface area contributed by atoms with Crippen molar-refractivity contribution < 1.29 is 14.3 Å². The highest BCUT2D eigenvalue weighted by atomic mass is 16.6. The third-order valence-corrected chi connectivity index (χ3v) is 7.26. The van der Waals surface area contributed by atoms with Gasteiger partial charge in [-0.15, -0.1) is 0 Å². The number of hydrogen-bond donors (Lipinski definition) is 1. The molecule has 0 aliphatic carbocycles. The van der Waals surface area contributed by atoms with Crippen molar-refractivity contribution in [3.63, 3.8) is 0 Å². The van der Waals surface area contributed by atoms with Crippen LogP contribution in [0.2, 0.25) is 0 Å². The van der Waals surface area contributed by atoms with Crippen LogP contribution in [-0.4, -0.2) is 45.1 Å². The van der Waals surface area contributed by atoms with Gasteiger partial charge in [-0.1, -0.05) is 91.0 Å². The van der Waals surface area contributed by atoms with E-state index in [4.69, 9.17) is 10.5 Å². The van der Waals surface area contributed by atoms with Gasteiger partial charge in [-0.3, -0.25) is 4.79 Å². The molecule has 0 radical (unpaired) electrons. The number of nitrogens with zero attached hydrogens (tertiary/aromatic N) is 4. The van der Waals surface area contributed by atoms with Crippen LogP contribution in [0.5, 0.6) is 0 Å². The summed E-state index contributed by atoms with van der Waals surface area (Å²) in [6.45, 7) is 0.428. The van der Waals surface area contributed by atoms with Crippen molar-refractivity contribution in [3.8, 4) is 6.07 Å². The number of hydrogen-bond acceptors (Lipinski definition) is 5. The smallest absolute Gasteiger partial charge is 0.405 e. The number of amides is 2. The minimum atomic E-state index is -1.20. The summed E-state index contributed by atoms with van der Waals surface area (Å²) in [6, 6.07) is 31.9. The van der Waals surface area contributed by atoms with Crippen LogP contribution in [0.3, 0.4) is 0 Å². The van der Waals surface area contributed by atoms with Crippen LogP contribution in [0.4, 0.5) is 4.79 Å². The molecule has 1 aliphatic rings. The van der Waals surface area contributed by atoms with Gasteiger partial charge in [0, 0.05) is 24.9 Å². The van der Waals surface area contributed by atoms with Gasteiger partial charge in [-0.25, -0.2) is 9.78 Å². The number of benzene rings is 3. The van der Waals surface area contributed by atoms with Crippen molar-refractivity contribution in [2.75, 3.05) is 6.54 Å². The van der Waals surface area contributed by atoms with Crippen LogP contribution in [-0.2, 0) is 21.5 Å². The predicted molar refractivity (Wildman–Crippen MR) is 145 cm³/mol. The summed E-state index contributed by atoms with van der Waals surface area (Å²) in [4.78, 5) is 31.4. The zero-order chi connectivity index (χ0) is 27.2. The SMILES string of the molecule is N#C[C@@H]1CCCN1C(=O)[C@H](Cc1cncn1C(c1ccccc1)(c1ccccc1)c1ccccc1)OC(N)=O. The standard InChI is InChI=1S/C31H29N5O3/c32-20-26-17-10-18-35(26)29(37)28(39-30(33)38)19-27-21-34-22-36(27)31(23-11-4-1-5-12-23,24-13-6-2-7-14-24)25-15-8-3-9-16-25/h1-9,11-16,21-22,26,28H,10,17-19H2,(H2,33,38)/t26-,28-/m0/s1. The zero-order valence-electron chi connectivity index (χ0n) is 21.4. The Labute approximate surface area is 227 Å². The van der Waals surface area contributed by atoms with Crippen molar-refractivity contribution in [3.05, 3.63) is 126 Å². The topological polar surface area (TPSA) is 114 Å². The van der Waals surface area contributed by atoms with Crippen molar-refractivity contribution in [1.29, 1.82) is 5.26 Å². The molecule has 1 aromatic heterocycles. The lowest BCUT2D eigenvalue weighted by Crippen LogP contribution is -2.46. The second-order valence-electron chi connectivity index (χ2n) is 9.51. The largest absolute Gasteiger partial charge is 0.436 e. The first-order valence-corrected chi connectivity index (χ1v) is 12.9. The number of aromatic nitrogens is 2. The Morgan fingerprint density at radius 3 is 2.00 bits per heavy atom. The van der Waals surface area contributed by atoms with E-state index in [0.29, 0.717) is 25.1 Å². The van der Waals surface area contributed by atoms with Crippen LogP contribution in [0.15, 0.2) is 104 Å². The van der Waals surface area contributed by atoms with E-state index in [0.717, 1.165) is 16.7 Å². The molecular weight excluding hydrogens is 490 g/mol. The third-order valence-electron chi connectivity index (χ3n) is 7.26. The molecule has 2 amide bonds. The maximum Gasteiger partial charge on any atom is 0.405 e. The Bertz CT molecular complexity index is 1370. The molecule has 1 aliphatic heterocycles. The van der Waals surface area contributed by atoms with Crippen LogP contribution in [0.25, 0.3) is 0 Å². The minimum Gasteiger partial charge on any atom is -0.436 e. The van der Waals surface area contributed by atoms with Gasteiger partial charge in [0.25, 0.3) is 5.91 Å². The van der Waals surface area contributed by atoms with Gasteiger partial charge in [0.1, 0.15) is 11.6 Å². The summed E-state index contributed by atoms with van der Waals surface area (Å²) in [5.74, 6) is -0.435. The lowest BCUT2D eigenvalue weighted by atomic mass is 9.76. The van der Waals surface area contributed by atoms with E-state index in [1.54, 1.807) is 12.5 Å². The van der Waals surface area contributed by atoms with E-state index in [-0.39, 0.29) is 6.42 Å². The van der Waals surface area contributed by atoms with Gasteiger partial charge in [0.05, 0.1) is 12.4 Å². The third kappa shape index (κ3) is 4.87. The molecule has 196 valence electrons. The van der Waals surface area contributed by atoms with E-state index in [1.807, 2.05) is 59.2 Å². The van der Waals surface area contributed by atoms with Gasteiger partial charge >= 0.3 is 6.09 Å². The second kappa shape index (κ2) is 11.2. The van der Waals surface area contributed by atoms with Gasteiger partial charge in [0.2, 0.25) is 0 Å². The Balaban J connectivity index is 1.67. The molecule has 4 aromatic rings. The molecule has 39 heavy (non-hydrogen) atoms. The van der Waals surface area contributed by atoms with E-state index in [2.05, 4.69) is 47.5 Å². The average molecular weight is 520 g/mol. The molecular formula is C31H29N5O3. The van der Waals surface area contributed by atoms with E-state index in [1.165, 1.54) is 4.90 Å². The number of nitriles is 1. The molecule has 2 heterocycles.